The van der Waals surface area contributed by atoms with Crippen LogP contribution in [0.2, 0.25) is 0 Å². The minimum absolute atomic E-state index is 1.01. The van der Waals surface area contributed by atoms with Crippen LogP contribution in [0.1, 0.15) is 37.0 Å². The minimum atomic E-state index is 1.01. The van der Waals surface area contributed by atoms with Crippen molar-refractivity contribution in [1.82, 2.24) is 4.98 Å². The van der Waals surface area contributed by atoms with Crippen LogP contribution < -0.4 is 0 Å². The summed E-state index contributed by atoms with van der Waals surface area (Å²) in [5, 5.41) is 0. The van der Waals surface area contributed by atoms with Crippen molar-refractivity contribution >= 4 is 6.21 Å². The molecule has 2 nitrogen and oxygen atoms in total. The Morgan fingerprint density at radius 1 is 1.19 bits per heavy atom. The van der Waals surface area contributed by atoms with E-state index < -0.39 is 0 Å². The van der Waals surface area contributed by atoms with E-state index in [0.717, 1.165) is 17.7 Å². The average molecular weight is 278 g/mol. The summed E-state index contributed by atoms with van der Waals surface area (Å²) in [5.41, 5.74) is 7.03. The van der Waals surface area contributed by atoms with Crippen molar-refractivity contribution in [2.75, 3.05) is 0 Å². The number of hydrogen-bond acceptors (Lipinski definition) is 2. The first-order valence-electron chi connectivity index (χ1n) is 7.34. The molecular weight excluding hydrogens is 256 g/mol. The molecule has 1 heterocycles. The number of allylic oxidation sites excluding steroid dienone is 2. The third-order valence-corrected chi connectivity index (χ3v) is 3.54. The molecule has 0 amide bonds. The average Bonchev–Trinajstić information content (AvgIpc) is 2.47. The number of aryl methyl sites for hydroxylation is 2. The van der Waals surface area contributed by atoms with Crippen molar-refractivity contribution in [2.45, 2.75) is 34.1 Å². The van der Waals surface area contributed by atoms with Crippen LogP contribution in [0.4, 0.5) is 0 Å². The van der Waals surface area contributed by atoms with Crippen LogP contribution in [0.5, 0.6) is 0 Å². The number of rotatable bonds is 4. The van der Waals surface area contributed by atoms with E-state index in [2.05, 4.69) is 55.0 Å². The van der Waals surface area contributed by atoms with E-state index in [0.29, 0.717) is 0 Å². The van der Waals surface area contributed by atoms with Gasteiger partial charge in [-0.15, -0.1) is 0 Å². The fourth-order valence-electron chi connectivity index (χ4n) is 2.23. The molecule has 0 aliphatic rings. The van der Waals surface area contributed by atoms with Crippen LogP contribution in [0.3, 0.4) is 0 Å². The van der Waals surface area contributed by atoms with Crippen LogP contribution in [-0.2, 0) is 0 Å². The van der Waals surface area contributed by atoms with Gasteiger partial charge in [-0.1, -0.05) is 25.1 Å². The van der Waals surface area contributed by atoms with Crippen molar-refractivity contribution in [3.8, 4) is 11.1 Å². The zero-order valence-corrected chi connectivity index (χ0v) is 13.2. The van der Waals surface area contributed by atoms with Crippen LogP contribution in [0.15, 0.2) is 53.4 Å². The van der Waals surface area contributed by atoms with Crippen molar-refractivity contribution in [2.24, 2.45) is 4.99 Å². The molecule has 0 spiro atoms. The Bertz CT molecular complexity index is 682. The molecule has 0 atom stereocenters. The zero-order chi connectivity index (χ0) is 15.2. The SMILES string of the molecule is CC/C=C(C)/N=C\c1cc(-c2cnccc2C)ccc1C. The Morgan fingerprint density at radius 3 is 2.71 bits per heavy atom. The molecule has 2 rings (SSSR count). The van der Waals surface area contributed by atoms with Gasteiger partial charge in [0.2, 0.25) is 0 Å². The molecule has 2 aromatic rings. The van der Waals surface area contributed by atoms with E-state index in [1.54, 1.807) is 0 Å². The Balaban J connectivity index is 2.39. The molecule has 0 saturated heterocycles. The van der Waals surface area contributed by atoms with Gasteiger partial charge in [0.25, 0.3) is 0 Å². The fraction of sp³-hybridized carbons (Fsp3) is 0.263. The Labute approximate surface area is 127 Å². The zero-order valence-electron chi connectivity index (χ0n) is 13.2. The van der Waals surface area contributed by atoms with Crippen LogP contribution >= 0.6 is 0 Å². The maximum atomic E-state index is 4.52. The van der Waals surface area contributed by atoms with Gasteiger partial charge in [0, 0.05) is 29.9 Å². The molecule has 0 radical (unpaired) electrons. The molecule has 0 aliphatic carbocycles. The van der Waals surface area contributed by atoms with Crippen molar-refractivity contribution in [3.05, 3.63) is 65.1 Å². The standard InChI is InChI=1S/C19H22N2/c1-5-6-16(4)21-12-18-11-17(8-7-14(18)2)19-13-20-10-9-15(19)3/h6-13H,5H2,1-4H3/b16-6+,21-12-. The van der Waals surface area contributed by atoms with Crippen LogP contribution in [0, 0.1) is 13.8 Å². The Kier molecular flexibility index (Phi) is 5.04. The molecule has 0 unspecified atom stereocenters. The summed E-state index contributed by atoms with van der Waals surface area (Å²) in [6.45, 7) is 8.37. The van der Waals surface area contributed by atoms with E-state index in [1.165, 1.54) is 22.3 Å². The fourth-order valence-corrected chi connectivity index (χ4v) is 2.23. The van der Waals surface area contributed by atoms with Gasteiger partial charge in [-0.3, -0.25) is 9.98 Å². The molecule has 2 heteroatoms. The van der Waals surface area contributed by atoms with Gasteiger partial charge >= 0.3 is 0 Å². The third kappa shape index (κ3) is 3.88. The van der Waals surface area contributed by atoms with Gasteiger partial charge < -0.3 is 0 Å². The molecule has 0 aliphatic heterocycles. The largest absolute Gasteiger partial charge is 0.264 e. The lowest BCUT2D eigenvalue weighted by Gasteiger charge is -2.08. The van der Waals surface area contributed by atoms with Crippen molar-refractivity contribution in [3.63, 3.8) is 0 Å². The number of pyridine rings is 1. The maximum absolute atomic E-state index is 4.52. The second kappa shape index (κ2) is 6.98. The van der Waals surface area contributed by atoms with Gasteiger partial charge in [-0.25, -0.2) is 0 Å². The van der Waals surface area contributed by atoms with E-state index in [9.17, 15) is 0 Å². The second-order valence-electron chi connectivity index (χ2n) is 5.27. The molecule has 1 aromatic carbocycles. The number of benzene rings is 1. The van der Waals surface area contributed by atoms with E-state index in [4.69, 9.17) is 0 Å². The minimum Gasteiger partial charge on any atom is -0.264 e. The molecule has 21 heavy (non-hydrogen) atoms. The number of aliphatic imine (C=N–C) groups is 1. The second-order valence-corrected chi connectivity index (χ2v) is 5.27. The first-order chi connectivity index (χ1) is 10.1. The molecule has 0 saturated carbocycles. The predicted octanol–water partition coefficient (Wildman–Crippen LogP) is 5.10. The van der Waals surface area contributed by atoms with Gasteiger partial charge in [0.1, 0.15) is 0 Å². The van der Waals surface area contributed by atoms with Crippen molar-refractivity contribution in [1.29, 1.82) is 0 Å². The molecular formula is C19H22N2. The molecule has 0 bridgehead atoms. The number of aromatic nitrogens is 1. The van der Waals surface area contributed by atoms with Crippen molar-refractivity contribution < 1.29 is 0 Å². The predicted molar refractivity (Wildman–Crippen MR) is 90.8 cm³/mol. The molecule has 0 N–H and O–H groups in total. The highest BCUT2D eigenvalue weighted by molar-refractivity contribution is 5.85. The highest BCUT2D eigenvalue weighted by atomic mass is 14.7. The molecule has 108 valence electrons. The number of nitrogens with zero attached hydrogens (tertiary/aromatic N) is 2. The topological polar surface area (TPSA) is 25.2 Å². The summed E-state index contributed by atoms with van der Waals surface area (Å²) < 4.78 is 0. The highest BCUT2D eigenvalue weighted by Crippen LogP contribution is 2.24. The summed E-state index contributed by atoms with van der Waals surface area (Å²) in [6.07, 6.45) is 8.83. The van der Waals surface area contributed by atoms with Gasteiger partial charge in [0.05, 0.1) is 0 Å². The summed E-state index contributed by atoms with van der Waals surface area (Å²) >= 11 is 0. The summed E-state index contributed by atoms with van der Waals surface area (Å²) in [4.78, 5) is 8.75. The molecule has 1 aromatic heterocycles. The lowest BCUT2D eigenvalue weighted by molar-refractivity contribution is 1.16. The van der Waals surface area contributed by atoms with Crippen LogP contribution in [-0.4, -0.2) is 11.2 Å². The van der Waals surface area contributed by atoms with Gasteiger partial charge in [-0.05, 0) is 61.6 Å². The normalized spacial score (nSPS) is 12.1. The monoisotopic (exact) mass is 278 g/mol. The molecule has 0 fully saturated rings. The smallest absolute Gasteiger partial charge is 0.0349 e. The summed E-state index contributed by atoms with van der Waals surface area (Å²) in [5.74, 6) is 0. The maximum Gasteiger partial charge on any atom is 0.0349 e. The lowest BCUT2D eigenvalue weighted by Crippen LogP contribution is -1.91. The summed E-state index contributed by atoms with van der Waals surface area (Å²) in [6, 6.07) is 8.51. The highest BCUT2D eigenvalue weighted by Gasteiger charge is 2.04. The van der Waals surface area contributed by atoms with E-state index in [-0.39, 0.29) is 0 Å². The van der Waals surface area contributed by atoms with E-state index in [1.807, 2.05) is 31.6 Å². The Hall–Kier alpha value is -2.22. The lowest BCUT2D eigenvalue weighted by atomic mass is 9.98. The Morgan fingerprint density at radius 2 is 2.00 bits per heavy atom. The number of hydrogen-bond donors (Lipinski definition) is 0. The quantitative estimate of drug-likeness (QED) is 0.714. The van der Waals surface area contributed by atoms with Gasteiger partial charge in [-0.2, -0.15) is 0 Å². The first-order valence-corrected chi connectivity index (χ1v) is 7.34. The van der Waals surface area contributed by atoms with E-state index >= 15 is 0 Å². The van der Waals surface area contributed by atoms with Gasteiger partial charge in [0.15, 0.2) is 0 Å². The van der Waals surface area contributed by atoms with Crippen LogP contribution in [0.25, 0.3) is 11.1 Å². The summed E-state index contributed by atoms with van der Waals surface area (Å²) in [7, 11) is 0. The third-order valence-electron chi connectivity index (χ3n) is 3.54. The first kappa shape index (κ1) is 15.2.